The van der Waals surface area contributed by atoms with Crippen LogP contribution >= 0.6 is 0 Å². The topological polar surface area (TPSA) is 67.6 Å². The number of hydrogen-bond acceptors (Lipinski definition) is 5. The van der Waals surface area contributed by atoms with Crippen LogP contribution in [0, 0.1) is 0 Å². The van der Waals surface area contributed by atoms with E-state index in [9.17, 15) is 4.79 Å². The number of morpholine rings is 1. The van der Waals surface area contributed by atoms with Gasteiger partial charge in [-0.05, 0) is 12.1 Å². The van der Waals surface area contributed by atoms with Crippen LogP contribution in [0.25, 0.3) is 11.1 Å². The lowest BCUT2D eigenvalue weighted by atomic mass is 10.2. The maximum Gasteiger partial charge on any atom is 0.298 e. The summed E-state index contributed by atoms with van der Waals surface area (Å²) in [4.78, 5) is 18.0. The summed E-state index contributed by atoms with van der Waals surface area (Å²) in [5.41, 5.74) is 1.57. The Bertz CT molecular complexity index is 563. The SMILES string of the molecule is CNC(=O)C1CN(c2nc3ccccc3o2)CCO1. The van der Waals surface area contributed by atoms with Gasteiger partial charge in [0, 0.05) is 13.6 Å². The predicted molar refractivity (Wildman–Crippen MR) is 70.0 cm³/mol. The molecule has 2 aromatic rings. The van der Waals surface area contributed by atoms with E-state index in [1.54, 1.807) is 7.05 Å². The number of ether oxygens (including phenoxy) is 1. The zero-order valence-corrected chi connectivity index (χ0v) is 10.6. The molecule has 1 aliphatic heterocycles. The van der Waals surface area contributed by atoms with Gasteiger partial charge in [0.2, 0.25) is 0 Å². The number of nitrogens with zero attached hydrogens (tertiary/aromatic N) is 2. The molecule has 1 aromatic heterocycles. The summed E-state index contributed by atoms with van der Waals surface area (Å²) in [6, 6.07) is 8.14. The van der Waals surface area contributed by atoms with Crippen LogP contribution in [0.1, 0.15) is 0 Å². The lowest BCUT2D eigenvalue weighted by Crippen LogP contribution is -2.49. The second-order valence-electron chi connectivity index (χ2n) is 4.38. The standard InChI is InChI=1S/C13H15N3O3/c1-14-12(17)11-8-16(6-7-18-11)13-15-9-4-2-3-5-10(9)19-13/h2-5,11H,6-8H2,1H3,(H,14,17). The molecule has 1 amide bonds. The summed E-state index contributed by atoms with van der Waals surface area (Å²) in [5.74, 6) is -0.124. The Morgan fingerprint density at radius 2 is 2.32 bits per heavy atom. The average molecular weight is 261 g/mol. The maximum absolute atomic E-state index is 11.6. The summed E-state index contributed by atoms with van der Waals surface area (Å²) < 4.78 is 11.1. The maximum atomic E-state index is 11.6. The lowest BCUT2D eigenvalue weighted by molar-refractivity contribution is -0.132. The molecule has 1 saturated heterocycles. The number of benzene rings is 1. The molecule has 6 heteroatoms. The van der Waals surface area contributed by atoms with Crippen LogP contribution in [-0.4, -0.2) is 43.7 Å². The van der Waals surface area contributed by atoms with E-state index in [1.165, 1.54) is 0 Å². The van der Waals surface area contributed by atoms with E-state index in [0.717, 1.165) is 11.1 Å². The molecule has 1 atom stereocenters. The number of anilines is 1. The Morgan fingerprint density at radius 1 is 1.47 bits per heavy atom. The van der Waals surface area contributed by atoms with Crippen molar-refractivity contribution in [3.05, 3.63) is 24.3 Å². The highest BCUT2D eigenvalue weighted by Crippen LogP contribution is 2.23. The fourth-order valence-corrected chi connectivity index (χ4v) is 2.14. The van der Waals surface area contributed by atoms with Crippen LogP contribution in [-0.2, 0) is 9.53 Å². The van der Waals surface area contributed by atoms with Crippen LogP contribution in [0.3, 0.4) is 0 Å². The molecular formula is C13H15N3O3. The molecule has 1 N–H and O–H groups in total. The summed E-state index contributed by atoms with van der Waals surface area (Å²) >= 11 is 0. The second kappa shape index (κ2) is 4.89. The molecule has 0 radical (unpaired) electrons. The monoisotopic (exact) mass is 261 g/mol. The number of oxazole rings is 1. The van der Waals surface area contributed by atoms with Crippen molar-refractivity contribution in [2.24, 2.45) is 0 Å². The second-order valence-corrected chi connectivity index (χ2v) is 4.38. The predicted octanol–water partition coefficient (Wildman–Crippen LogP) is 0.779. The van der Waals surface area contributed by atoms with Gasteiger partial charge in [-0.1, -0.05) is 12.1 Å². The van der Waals surface area contributed by atoms with Crippen LogP contribution in [0.15, 0.2) is 28.7 Å². The number of nitrogens with one attached hydrogen (secondary N) is 1. The molecule has 19 heavy (non-hydrogen) atoms. The molecule has 1 unspecified atom stereocenters. The largest absolute Gasteiger partial charge is 0.423 e. The first-order valence-corrected chi connectivity index (χ1v) is 6.21. The van der Waals surface area contributed by atoms with Gasteiger partial charge in [-0.15, -0.1) is 0 Å². The molecule has 100 valence electrons. The fourth-order valence-electron chi connectivity index (χ4n) is 2.14. The molecule has 2 heterocycles. The van der Waals surface area contributed by atoms with Crippen molar-refractivity contribution < 1.29 is 13.9 Å². The number of carbonyl (C=O) groups is 1. The van der Waals surface area contributed by atoms with Crippen molar-refractivity contribution in [3.8, 4) is 0 Å². The Balaban J connectivity index is 1.83. The zero-order chi connectivity index (χ0) is 13.2. The van der Waals surface area contributed by atoms with Crippen molar-refractivity contribution in [2.75, 3.05) is 31.6 Å². The first-order valence-electron chi connectivity index (χ1n) is 6.21. The highest BCUT2D eigenvalue weighted by molar-refractivity contribution is 5.81. The van der Waals surface area contributed by atoms with Gasteiger partial charge in [0.15, 0.2) is 11.7 Å². The van der Waals surface area contributed by atoms with E-state index >= 15 is 0 Å². The van der Waals surface area contributed by atoms with Gasteiger partial charge in [0.1, 0.15) is 5.52 Å². The van der Waals surface area contributed by atoms with E-state index in [1.807, 2.05) is 29.2 Å². The molecule has 0 aliphatic carbocycles. The number of carbonyl (C=O) groups excluding carboxylic acids is 1. The molecule has 0 spiro atoms. The first kappa shape index (κ1) is 12.0. The molecule has 3 rings (SSSR count). The number of para-hydroxylation sites is 2. The van der Waals surface area contributed by atoms with E-state index in [2.05, 4.69) is 10.3 Å². The van der Waals surface area contributed by atoms with E-state index in [-0.39, 0.29) is 5.91 Å². The van der Waals surface area contributed by atoms with Gasteiger partial charge >= 0.3 is 0 Å². The minimum absolute atomic E-state index is 0.124. The van der Waals surface area contributed by atoms with E-state index < -0.39 is 6.10 Å². The third-order valence-electron chi connectivity index (χ3n) is 3.16. The molecule has 0 bridgehead atoms. The van der Waals surface area contributed by atoms with Crippen LogP contribution in [0.4, 0.5) is 6.01 Å². The molecule has 6 nitrogen and oxygen atoms in total. The number of hydrogen-bond donors (Lipinski definition) is 1. The number of rotatable bonds is 2. The summed E-state index contributed by atoms with van der Waals surface area (Å²) in [5, 5.41) is 2.59. The molecule has 1 fully saturated rings. The van der Waals surface area contributed by atoms with Crippen molar-refractivity contribution in [1.29, 1.82) is 0 Å². The van der Waals surface area contributed by atoms with Crippen LogP contribution < -0.4 is 10.2 Å². The van der Waals surface area contributed by atoms with Crippen molar-refractivity contribution >= 4 is 23.0 Å². The first-order chi connectivity index (χ1) is 9.28. The summed E-state index contributed by atoms with van der Waals surface area (Å²) in [7, 11) is 1.60. The minimum Gasteiger partial charge on any atom is -0.423 e. The Kier molecular flexibility index (Phi) is 3.08. The lowest BCUT2D eigenvalue weighted by Gasteiger charge is -2.30. The normalized spacial score (nSPS) is 19.6. The Hall–Kier alpha value is -2.08. The molecule has 1 aliphatic rings. The number of likely N-dealkylation sites (N-methyl/N-ethyl adjacent to an activating group) is 1. The van der Waals surface area contributed by atoms with E-state index in [4.69, 9.17) is 9.15 Å². The smallest absolute Gasteiger partial charge is 0.298 e. The summed E-state index contributed by atoms with van der Waals surface area (Å²) in [6.45, 7) is 1.60. The molecule has 0 saturated carbocycles. The van der Waals surface area contributed by atoms with Crippen molar-refractivity contribution in [3.63, 3.8) is 0 Å². The Morgan fingerprint density at radius 3 is 3.11 bits per heavy atom. The van der Waals surface area contributed by atoms with Gasteiger partial charge in [0.25, 0.3) is 11.9 Å². The minimum atomic E-state index is -0.478. The van der Waals surface area contributed by atoms with Gasteiger partial charge in [-0.3, -0.25) is 4.79 Å². The van der Waals surface area contributed by atoms with Crippen LogP contribution in [0.2, 0.25) is 0 Å². The van der Waals surface area contributed by atoms with Gasteiger partial charge in [-0.2, -0.15) is 4.98 Å². The third-order valence-corrected chi connectivity index (χ3v) is 3.16. The van der Waals surface area contributed by atoms with Crippen LogP contribution in [0.5, 0.6) is 0 Å². The number of amides is 1. The number of fused-ring (bicyclic) bond motifs is 1. The fraction of sp³-hybridized carbons (Fsp3) is 0.385. The van der Waals surface area contributed by atoms with Crippen molar-refractivity contribution in [1.82, 2.24) is 10.3 Å². The van der Waals surface area contributed by atoms with Gasteiger partial charge in [0.05, 0.1) is 13.2 Å². The van der Waals surface area contributed by atoms with Gasteiger partial charge in [-0.25, -0.2) is 0 Å². The highest BCUT2D eigenvalue weighted by atomic mass is 16.5. The highest BCUT2D eigenvalue weighted by Gasteiger charge is 2.28. The van der Waals surface area contributed by atoms with Gasteiger partial charge < -0.3 is 19.4 Å². The Labute approximate surface area is 110 Å². The molecule has 1 aromatic carbocycles. The third kappa shape index (κ3) is 2.26. The number of aromatic nitrogens is 1. The van der Waals surface area contributed by atoms with E-state index in [0.29, 0.717) is 25.7 Å². The quantitative estimate of drug-likeness (QED) is 0.865. The zero-order valence-electron chi connectivity index (χ0n) is 10.6. The molecular weight excluding hydrogens is 246 g/mol. The van der Waals surface area contributed by atoms with Crippen molar-refractivity contribution in [2.45, 2.75) is 6.10 Å². The summed E-state index contributed by atoms with van der Waals surface area (Å²) in [6.07, 6.45) is -0.478. The average Bonchev–Trinajstić information content (AvgIpc) is 2.90.